The monoisotopic (exact) mass is 264 g/mol. The number of rotatable bonds is 4. The van der Waals surface area contributed by atoms with Gasteiger partial charge in [0.2, 0.25) is 0 Å². The van der Waals surface area contributed by atoms with Crippen molar-refractivity contribution in [3.05, 3.63) is 23.7 Å². The van der Waals surface area contributed by atoms with Gasteiger partial charge in [-0.3, -0.25) is 4.79 Å². The zero-order valence-corrected chi connectivity index (χ0v) is 11.9. The predicted octanol–water partition coefficient (Wildman–Crippen LogP) is 2.48. The average Bonchev–Trinajstić information content (AvgIpc) is 2.87. The minimum atomic E-state index is -0.256. The molecule has 1 heterocycles. The molecular weight excluding hydrogens is 240 g/mol. The zero-order chi connectivity index (χ0) is 13.9. The summed E-state index contributed by atoms with van der Waals surface area (Å²) < 4.78 is 5.50. The number of carbonyl (C=O) groups excluding carboxylic acids is 1. The molecule has 2 unspecified atom stereocenters. The number of aryl methyl sites for hydroxylation is 1. The number of hydrogen-bond acceptors (Lipinski definition) is 3. The first kappa shape index (κ1) is 14.1. The third-order valence-electron chi connectivity index (χ3n) is 4.09. The highest BCUT2D eigenvalue weighted by molar-refractivity contribution is 5.92. The van der Waals surface area contributed by atoms with Gasteiger partial charge in [-0.1, -0.05) is 26.7 Å². The van der Waals surface area contributed by atoms with E-state index >= 15 is 0 Å². The van der Waals surface area contributed by atoms with E-state index in [0.29, 0.717) is 18.2 Å². The highest BCUT2D eigenvalue weighted by Crippen LogP contribution is 2.31. The Morgan fingerprint density at radius 2 is 2.37 bits per heavy atom. The molecule has 19 heavy (non-hydrogen) atoms. The molecule has 0 spiro atoms. The van der Waals surface area contributed by atoms with Gasteiger partial charge in [0.15, 0.2) is 5.76 Å². The summed E-state index contributed by atoms with van der Waals surface area (Å²) in [5.41, 5.74) is 5.66. The first-order chi connectivity index (χ1) is 9.08. The molecule has 1 saturated carbocycles. The number of amides is 1. The molecule has 1 amide bonds. The van der Waals surface area contributed by atoms with Gasteiger partial charge < -0.3 is 15.5 Å². The second-order valence-electron chi connectivity index (χ2n) is 5.76. The quantitative estimate of drug-likeness (QED) is 0.877. The van der Waals surface area contributed by atoms with Gasteiger partial charge in [-0.15, -0.1) is 0 Å². The maximum absolute atomic E-state index is 12.3. The van der Waals surface area contributed by atoms with Gasteiger partial charge in [0.1, 0.15) is 5.76 Å². The second-order valence-corrected chi connectivity index (χ2v) is 5.76. The smallest absolute Gasteiger partial charge is 0.287 e. The molecule has 106 valence electrons. The van der Waals surface area contributed by atoms with E-state index in [1.54, 1.807) is 6.07 Å². The molecule has 1 fully saturated rings. The van der Waals surface area contributed by atoms with Crippen molar-refractivity contribution in [3.63, 3.8) is 0 Å². The number of nitrogens with one attached hydrogen (secondary N) is 1. The molecule has 2 rings (SSSR count). The van der Waals surface area contributed by atoms with Crippen molar-refractivity contribution < 1.29 is 9.21 Å². The molecule has 0 radical (unpaired) electrons. The van der Waals surface area contributed by atoms with Crippen molar-refractivity contribution in [2.75, 3.05) is 6.54 Å². The lowest BCUT2D eigenvalue weighted by molar-refractivity contribution is 0.0823. The molecule has 0 bridgehead atoms. The molecule has 4 heteroatoms. The Morgan fingerprint density at radius 3 is 2.95 bits per heavy atom. The van der Waals surface area contributed by atoms with Gasteiger partial charge >= 0.3 is 0 Å². The number of furan rings is 1. The summed E-state index contributed by atoms with van der Waals surface area (Å²) in [5, 5.41) is 3.11. The average molecular weight is 264 g/mol. The fraction of sp³-hybridized carbons (Fsp3) is 0.667. The summed E-state index contributed by atoms with van der Waals surface area (Å²) in [6.07, 6.45) is 5.05. The zero-order valence-electron chi connectivity index (χ0n) is 11.9. The van der Waals surface area contributed by atoms with Crippen molar-refractivity contribution in [2.45, 2.75) is 51.5 Å². The lowest BCUT2D eigenvalue weighted by atomic mass is 9.76. The van der Waals surface area contributed by atoms with Crippen LogP contribution in [0.5, 0.6) is 0 Å². The third kappa shape index (κ3) is 3.18. The molecule has 1 aromatic rings. The number of hydrogen-bond donors (Lipinski definition) is 2. The Balaban J connectivity index is 2.07. The van der Waals surface area contributed by atoms with Gasteiger partial charge in [-0.2, -0.15) is 0 Å². The van der Waals surface area contributed by atoms with E-state index < -0.39 is 0 Å². The van der Waals surface area contributed by atoms with Gasteiger partial charge in [0.25, 0.3) is 5.91 Å². The second kappa shape index (κ2) is 5.78. The first-order valence-electron chi connectivity index (χ1n) is 7.20. The minimum Gasteiger partial charge on any atom is -0.456 e. The van der Waals surface area contributed by atoms with Crippen molar-refractivity contribution in [2.24, 2.45) is 11.7 Å². The van der Waals surface area contributed by atoms with E-state index in [1.165, 1.54) is 6.42 Å². The third-order valence-corrected chi connectivity index (χ3v) is 4.09. The van der Waals surface area contributed by atoms with Crippen molar-refractivity contribution >= 4 is 5.91 Å². The summed E-state index contributed by atoms with van der Waals surface area (Å²) in [7, 11) is 0. The van der Waals surface area contributed by atoms with E-state index in [4.69, 9.17) is 10.2 Å². The SMILES string of the molecule is CCc1ccc(C(=O)NC2(CN)CCCC(C)C2)o1. The van der Waals surface area contributed by atoms with Crippen molar-refractivity contribution in [1.82, 2.24) is 5.32 Å². The molecule has 3 N–H and O–H groups in total. The highest BCUT2D eigenvalue weighted by atomic mass is 16.3. The summed E-state index contributed by atoms with van der Waals surface area (Å²) in [5.74, 6) is 1.70. The van der Waals surface area contributed by atoms with Crippen LogP contribution in [0.15, 0.2) is 16.5 Å². The van der Waals surface area contributed by atoms with Crippen molar-refractivity contribution in [1.29, 1.82) is 0 Å². The lowest BCUT2D eigenvalue weighted by Gasteiger charge is -2.39. The van der Waals surface area contributed by atoms with E-state index in [-0.39, 0.29) is 11.4 Å². The summed E-state index contributed by atoms with van der Waals surface area (Å²) in [4.78, 5) is 12.3. The van der Waals surface area contributed by atoms with Crippen LogP contribution >= 0.6 is 0 Å². The van der Waals surface area contributed by atoms with Crippen LogP contribution in [0.1, 0.15) is 55.8 Å². The molecule has 1 aliphatic rings. The van der Waals surface area contributed by atoms with Crippen LogP contribution in [0.25, 0.3) is 0 Å². The predicted molar refractivity (Wildman–Crippen MR) is 75.0 cm³/mol. The number of carbonyl (C=O) groups is 1. The number of nitrogens with two attached hydrogens (primary N) is 1. The lowest BCUT2D eigenvalue weighted by Crippen LogP contribution is -2.55. The van der Waals surface area contributed by atoms with Crippen LogP contribution in [0, 0.1) is 5.92 Å². The van der Waals surface area contributed by atoms with Crippen LogP contribution < -0.4 is 11.1 Å². The molecule has 0 aliphatic heterocycles. The Morgan fingerprint density at radius 1 is 1.58 bits per heavy atom. The Labute approximate surface area is 114 Å². The summed E-state index contributed by atoms with van der Waals surface area (Å²) >= 11 is 0. The fourth-order valence-corrected chi connectivity index (χ4v) is 3.00. The highest BCUT2D eigenvalue weighted by Gasteiger charge is 2.35. The maximum atomic E-state index is 12.3. The largest absolute Gasteiger partial charge is 0.456 e. The molecule has 1 aromatic heterocycles. The molecule has 4 nitrogen and oxygen atoms in total. The Bertz CT molecular complexity index is 441. The normalized spacial score (nSPS) is 27.2. The summed E-state index contributed by atoms with van der Waals surface area (Å²) in [6.45, 7) is 4.72. The molecule has 2 atom stereocenters. The van der Waals surface area contributed by atoms with E-state index in [2.05, 4.69) is 12.2 Å². The van der Waals surface area contributed by atoms with Crippen LogP contribution in [0.3, 0.4) is 0 Å². The van der Waals surface area contributed by atoms with E-state index in [9.17, 15) is 4.79 Å². The van der Waals surface area contributed by atoms with Crippen LogP contribution in [0.2, 0.25) is 0 Å². The van der Waals surface area contributed by atoms with Gasteiger partial charge in [-0.25, -0.2) is 0 Å². The maximum Gasteiger partial charge on any atom is 0.287 e. The van der Waals surface area contributed by atoms with Gasteiger partial charge in [0.05, 0.1) is 5.54 Å². The first-order valence-corrected chi connectivity index (χ1v) is 7.20. The van der Waals surface area contributed by atoms with E-state index in [0.717, 1.165) is 31.4 Å². The van der Waals surface area contributed by atoms with Gasteiger partial charge in [0, 0.05) is 13.0 Å². The minimum absolute atomic E-state index is 0.140. The standard InChI is InChI=1S/C15H24N2O2/c1-3-12-6-7-13(19-12)14(18)17-15(10-16)8-4-5-11(2)9-15/h6-7,11H,3-5,8-10,16H2,1-2H3,(H,17,18). The summed E-state index contributed by atoms with van der Waals surface area (Å²) in [6, 6.07) is 3.60. The fourth-order valence-electron chi connectivity index (χ4n) is 3.00. The van der Waals surface area contributed by atoms with Crippen LogP contribution in [-0.4, -0.2) is 18.0 Å². The topological polar surface area (TPSA) is 68.3 Å². The Kier molecular flexibility index (Phi) is 4.30. The van der Waals surface area contributed by atoms with Crippen LogP contribution in [-0.2, 0) is 6.42 Å². The molecule has 0 saturated heterocycles. The van der Waals surface area contributed by atoms with E-state index in [1.807, 2.05) is 13.0 Å². The van der Waals surface area contributed by atoms with Gasteiger partial charge in [-0.05, 0) is 30.9 Å². The Hall–Kier alpha value is -1.29. The van der Waals surface area contributed by atoms with Crippen LogP contribution in [0.4, 0.5) is 0 Å². The van der Waals surface area contributed by atoms with Crippen molar-refractivity contribution in [3.8, 4) is 0 Å². The molecule has 0 aromatic carbocycles. The molecule has 1 aliphatic carbocycles. The molecular formula is C15H24N2O2.